The first-order chi connectivity index (χ1) is 18.1. The number of carbonyl (C=O) groups is 1. The van der Waals surface area contributed by atoms with Crippen molar-refractivity contribution in [3.05, 3.63) is 65.9 Å². The molecule has 1 fully saturated rings. The first kappa shape index (κ1) is 27.4. The summed E-state index contributed by atoms with van der Waals surface area (Å²) in [6, 6.07) is 15.2. The maximum Gasteiger partial charge on any atom is 0.236 e. The number of rotatable bonds is 8. The average molecular weight is 520 g/mol. The molecule has 0 radical (unpaired) electrons. The molecule has 202 valence electrons. The van der Waals surface area contributed by atoms with Crippen LogP contribution in [-0.2, 0) is 10.2 Å². The molecule has 2 N–H and O–H groups in total. The number of aliphatic hydroxyl groups excluding tert-OH is 2. The predicted molar refractivity (Wildman–Crippen MR) is 149 cm³/mol. The van der Waals surface area contributed by atoms with E-state index in [0.29, 0.717) is 36.0 Å². The number of amides is 1. The van der Waals surface area contributed by atoms with E-state index in [1.807, 2.05) is 68.1 Å². The van der Waals surface area contributed by atoms with Crippen molar-refractivity contribution in [3.63, 3.8) is 0 Å². The number of aliphatic hydroxyl groups is 2. The Labute approximate surface area is 224 Å². The lowest BCUT2D eigenvalue weighted by Gasteiger charge is -2.32. The van der Waals surface area contributed by atoms with Gasteiger partial charge in [-0.1, -0.05) is 24.3 Å². The number of methoxy groups -OCH3 is 2. The number of aromatic nitrogens is 1. The second-order valence-electron chi connectivity index (χ2n) is 10.3. The lowest BCUT2D eigenvalue weighted by Crippen LogP contribution is -2.42. The number of ether oxygens (including phenoxy) is 2. The van der Waals surface area contributed by atoms with Gasteiger partial charge in [0, 0.05) is 25.2 Å². The maximum atomic E-state index is 14.1. The molecular weight excluding hydrogens is 482 g/mol. The van der Waals surface area contributed by atoms with E-state index in [0.717, 1.165) is 22.3 Å². The van der Waals surface area contributed by atoms with Gasteiger partial charge in [-0.05, 0) is 62.1 Å². The van der Waals surface area contributed by atoms with E-state index in [1.54, 1.807) is 38.4 Å². The summed E-state index contributed by atoms with van der Waals surface area (Å²) in [7, 11) is 4.93. The van der Waals surface area contributed by atoms with Gasteiger partial charge in [0.2, 0.25) is 5.91 Å². The van der Waals surface area contributed by atoms with E-state index in [9.17, 15) is 15.0 Å². The van der Waals surface area contributed by atoms with Crippen LogP contribution in [-0.4, -0.2) is 67.7 Å². The SMILES string of the molecule is COc1cc(OC)cc(C(C)(C)C(=O)N(C)c2cnc(N3CC(O)CC3CO)cc2-c2ccccc2C)c1. The van der Waals surface area contributed by atoms with Crippen LogP contribution in [0, 0.1) is 6.92 Å². The zero-order valence-electron chi connectivity index (χ0n) is 22.9. The molecule has 0 bridgehead atoms. The summed E-state index contributed by atoms with van der Waals surface area (Å²) in [5, 5.41) is 20.1. The molecule has 3 aromatic rings. The highest BCUT2D eigenvalue weighted by Crippen LogP contribution is 2.39. The average Bonchev–Trinajstić information content (AvgIpc) is 3.32. The van der Waals surface area contributed by atoms with Gasteiger partial charge in [-0.3, -0.25) is 4.79 Å². The van der Waals surface area contributed by atoms with Gasteiger partial charge >= 0.3 is 0 Å². The van der Waals surface area contributed by atoms with Crippen LogP contribution in [0.3, 0.4) is 0 Å². The molecule has 2 unspecified atom stereocenters. The van der Waals surface area contributed by atoms with Crippen LogP contribution < -0.4 is 19.3 Å². The number of nitrogens with zero attached hydrogens (tertiary/aromatic N) is 3. The first-order valence-electron chi connectivity index (χ1n) is 12.7. The third kappa shape index (κ3) is 5.19. The number of aryl methyl sites for hydroxylation is 1. The van der Waals surface area contributed by atoms with Crippen LogP contribution in [0.1, 0.15) is 31.4 Å². The van der Waals surface area contributed by atoms with Gasteiger partial charge in [0.05, 0.1) is 50.3 Å². The smallest absolute Gasteiger partial charge is 0.236 e. The molecule has 8 heteroatoms. The number of likely N-dealkylation sites (N-methyl/N-ethyl adjacent to an activating group) is 1. The van der Waals surface area contributed by atoms with Crippen molar-refractivity contribution < 1.29 is 24.5 Å². The van der Waals surface area contributed by atoms with Crippen molar-refractivity contribution >= 4 is 17.4 Å². The van der Waals surface area contributed by atoms with E-state index in [1.165, 1.54) is 0 Å². The molecule has 8 nitrogen and oxygen atoms in total. The zero-order valence-corrected chi connectivity index (χ0v) is 22.9. The third-order valence-electron chi connectivity index (χ3n) is 7.47. The molecule has 0 aliphatic carbocycles. The third-order valence-corrected chi connectivity index (χ3v) is 7.47. The van der Waals surface area contributed by atoms with E-state index < -0.39 is 11.5 Å². The Morgan fingerprint density at radius 2 is 1.76 bits per heavy atom. The number of benzene rings is 2. The molecule has 2 heterocycles. The molecule has 2 atom stereocenters. The molecule has 2 aromatic carbocycles. The van der Waals surface area contributed by atoms with E-state index in [-0.39, 0.29) is 18.6 Å². The Balaban J connectivity index is 1.79. The van der Waals surface area contributed by atoms with Crippen molar-refractivity contribution in [2.24, 2.45) is 0 Å². The molecule has 1 aromatic heterocycles. The van der Waals surface area contributed by atoms with Crippen molar-refractivity contribution in [1.82, 2.24) is 4.98 Å². The molecule has 4 rings (SSSR count). The molecule has 1 aliphatic rings. The highest BCUT2D eigenvalue weighted by molar-refractivity contribution is 6.03. The second kappa shape index (κ2) is 11.0. The minimum atomic E-state index is -0.903. The normalized spacial score (nSPS) is 17.4. The Kier molecular flexibility index (Phi) is 7.94. The van der Waals surface area contributed by atoms with Crippen molar-refractivity contribution in [1.29, 1.82) is 0 Å². The number of anilines is 2. The molecule has 38 heavy (non-hydrogen) atoms. The van der Waals surface area contributed by atoms with Crippen molar-refractivity contribution in [2.75, 3.05) is 44.2 Å². The number of carbonyl (C=O) groups excluding carboxylic acids is 1. The van der Waals surface area contributed by atoms with Crippen LogP contribution >= 0.6 is 0 Å². The Hall–Kier alpha value is -3.62. The van der Waals surface area contributed by atoms with E-state index >= 15 is 0 Å². The monoisotopic (exact) mass is 519 g/mol. The van der Waals surface area contributed by atoms with Crippen molar-refractivity contribution in [3.8, 4) is 22.6 Å². The van der Waals surface area contributed by atoms with Gasteiger partial charge in [0.1, 0.15) is 17.3 Å². The summed E-state index contributed by atoms with van der Waals surface area (Å²) < 4.78 is 10.9. The van der Waals surface area contributed by atoms with Crippen molar-refractivity contribution in [2.45, 2.75) is 44.8 Å². The fourth-order valence-electron chi connectivity index (χ4n) is 5.12. The number of hydrogen-bond donors (Lipinski definition) is 2. The molecule has 1 aliphatic heterocycles. The standard InChI is InChI=1S/C30H37N3O5/c1-19-9-7-8-10-25(19)26-15-28(33-17-22(35)13-21(33)18-34)31-16-27(26)32(4)29(36)30(2,3)20-11-23(37-5)14-24(12-20)38-6/h7-12,14-16,21-22,34-35H,13,17-18H2,1-6H3. The number of hydrogen-bond acceptors (Lipinski definition) is 7. The second-order valence-corrected chi connectivity index (χ2v) is 10.3. The van der Waals surface area contributed by atoms with Crippen LogP contribution in [0.2, 0.25) is 0 Å². The quantitative estimate of drug-likeness (QED) is 0.465. The van der Waals surface area contributed by atoms with Gasteiger partial charge in [-0.2, -0.15) is 0 Å². The first-order valence-corrected chi connectivity index (χ1v) is 12.7. The molecule has 1 saturated heterocycles. The highest BCUT2D eigenvalue weighted by Gasteiger charge is 2.36. The summed E-state index contributed by atoms with van der Waals surface area (Å²) in [4.78, 5) is 22.3. The Morgan fingerprint density at radius 1 is 1.11 bits per heavy atom. The fourth-order valence-corrected chi connectivity index (χ4v) is 5.12. The minimum absolute atomic E-state index is 0.0727. The van der Waals surface area contributed by atoms with Crippen LogP contribution in [0.15, 0.2) is 54.7 Å². The molecule has 0 spiro atoms. The van der Waals surface area contributed by atoms with Gasteiger partial charge in [0.25, 0.3) is 0 Å². The topological polar surface area (TPSA) is 95.4 Å². The lowest BCUT2D eigenvalue weighted by molar-refractivity contribution is -0.122. The summed E-state index contributed by atoms with van der Waals surface area (Å²) in [6.45, 7) is 6.12. The minimum Gasteiger partial charge on any atom is -0.497 e. The zero-order chi connectivity index (χ0) is 27.6. The van der Waals surface area contributed by atoms with Gasteiger partial charge in [0.15, 0.2) is 0 Å². The lowest BCUT2D eigenvalue weighted by atomic mass is 9.82. The number of pyridine rings is 1. The van der Waals surface area contributed by atoms with Gasteiger partial charge in [-0.15, -0.1) is 0 Å². The summed E-state index contributed by atoms with van der Waals surface area (Å²) in [5.74, 6) is 1.75. The molecule has 0 saturated carbocycles. The Morgan fingerprint density at radius 3 is 2.37 bits per heavy atom. The van der Waals surface area contributed by atoms with Crippen LogP contribution in [0.4, 0.5) is 11.5 Å². The van der Waals surface area contributed by atoms with E-state index in [4.69, 9.17) is 14.5 Å². The summed E-state index contributed by atoms with van der Waals surface area (Å²) in [6.07, 6.45) is 1.66. The number of β-amino-alcohol motifs (C(OH)–C–C–N with tert-alkyl or cyclic N) is 1. The largest absolute Gasteiger partial charge is 0.497 e. The predicted octanol–water partition coefficient (Wildman–Crippen LogP) is 3.95. The Bertz CT molecular complexity index is 1290. The van der Waals surface area contributed by atoms with Crippen LogP contribution in [0.5, 0.6) is 11.5 Å². The maximum absolute atomic E-state index is 14.1. The fraction of sp³-hybridized carbons (Fsp3) is 0.400. The summed E-state index contributed by atoms with van der Waals surface area (Å²) >= 11 is 0. The van der Waals surface area contributed by atoms with Crippen LogP contribution in [0.25, 0.3) is 11.1 Å². The molecular formula is C30H37N3O5. The van der Waals surface area contributed by atoms with Gasteiger partial charge in [-0.25, -0.2) is 4.98 Å². The highest BCUT2D eigenvalue weighted by atomic mass is 16.5. The van der Waals surface area contributed by atoms with E-state index in [2.05, 4.69) is 0 Å². The van der Waals surface area contributed by atoms with Gasteiger partial charge < -0.3 is 29.5 Å². The molecule has 1 amide bonds. The summed E-state index contributed by atoms with van der Waals surface area (Å²) in [5.41, 5.74) is 3.41.